The molecule has 0 radical (unpaired) electrons. The van der Waals surface area contributed by atoms with Crippen LogP contribution in [0.4, 0.5) is 5.69 Å². The smallest absolute Gasteiger partial charge is 0.335 e. The number of carboxylic acid groups (broad SMARTS) is 1. The van der Waals surface area contributed by atoms with Crippen LogP contribution in [0.3, 0.4) is 0 Å². The molecule has 10 nitrogen and oxygen atoms in total. The molecule has 11 heteroatoms. The Labute approximate surface area is 179 Å². The summed E-state index contributed by atoms with van der Waals surface area (Å²) in [6, 6.07) is 8.21. The van der Waals surface area contributed by atoms with Crippen molar-refractivity contribution in [1.29, 1.82) is 0 Å². The Morgan fingerprint density at radius 2 is 1.74 bits per heavy atom. The molecule has 166 valence electrons. The number of hydrogen-bond donors (Lipinski definition) is 2. The second kappa shape index (κ2) is 9.33. The highest BCUT2D eigenvalue weighted by Crippen LogP contribution is 2.34. The number of ether oxygens (including phenoxy) is 3. The van der Waals surface area contributed by atoms with Gasteiger partial charge in [-0.3, -0.25) is 4.79 Å². The minimum absolute atomic E-state index is 0.00456. The van der Waals surface area contributed by atoms with Crippen molar-refractivity contribution in [3.63, 3.8) is 0 Å². The van der Waals surface area contributed by atoms with E-state index in [2.05, 4.69) is 5.32 Å². The fourth-order valence-electron chi connectivity index (χ4n) is 3.10. The van der Waals surface area contributed by atoms with E-state index in [9.17, 15) is 18.0 Å². The van der Waals surface area contributed by atoms with E-state index in [1.807, 2.05) is 0 Å². The molecule has 3 rings (SSSR count). The highest BCUT2D eigenvalue weighted by molar-refractivity contribution is 7.89. The maximum Gasteiger partial charge on any atom is 0.335 e. The second-order valence-electron chi connectivity index (χ2n) is 6.56. The summed E-state index contributed by atoms with van der Waals surface area (Å²) in [6.45, 7) is 0.901. The summed E-state index contributed by atoms with van der Waals surface area (Å²) in [5, 5.41) is 11.7. The minimum atomic E-state index is -3.96. The molecule has 1 saturated heterocycles. The number of aromatic carboxylic acids is 1. The lowest BCUT2D eigenvalue weighted by molar-refractivity contribution is 0.0696. The van der Waals surface area contributed by atoms with Gasteiger partial charge in [-0.05, 0) is 24.3 Å². The molecule has 0 atom stereocenters. The number of sulfonamides is 1. The summed E-state index contributed by atoms with van der Waals surface area (Å²) in [7, 11) is -1.30. The minimum Gasteiger partial charge on any atom is -0.496 e. The summed E-state index contributed by atoms with van der Waals surface area (Å²) in [6.07, 6.45) is 0. The maximum absolute atomic E-state index is 13.2. The zero-order chi connectivity index (χ0) is 22.6. The summed E-state index contributed by atoms with van der Waals surface area (Å²) in [4.78, 5) is 23.9. The summed E-state index contributed by atoms with van der Waals surface area (Å²) >= 11 is 0. The molecule has 0 saturated carbocycles. The number of carboxylic acids is 1. The van der Waals surface area contributed by atoms with Gasteiger partial charge in [0.2, 0.25) is 10.0 Å². The predicted molar refractivity (Wildman–Crippen MR) is 110 cm³/mol. The van der Waals surface area contributed by atoms with Crippen LogP contribution in [-0.4, -0.2) is 70.2 Å². The molecule has 0 unspecified atom stereocenters. The van der Waals surface area contributed by atoms with Gasteiger partial charge in [0, 0.05) is 24.8 Å². The van der Waals surface area contributed by atoms with Gasteiger partial charge in [-0.15, -0.1) is 0 Å². The van der Waals surface area contributed by atoms with Gasteiger partial charge in [0.05, 0.1) is 38.6 Å². The molecule has 2 N–H and O–H groups in total. The molecule has 1 amide bonds. The van der Waals surface area contributed by atoms with Crippen LogP contribution in [0.2, 0.25) is 0 Å². The van der Waals surface area contributed by atoms with E-state index in [-0.39, 0.29) is 59.5 Å². The number of nitrogens with zero attached hydrogens (tertiary/aromatic N) is 1. The first kappa shape index (κ1) is 22.5. The van der Waals surface area contributed by atoms with Gasteiger partial charge in [-0.1, -0.05) is 6.07 Å². The van der Waals surface area contributed by atoms with Crippen LogP contribution in [0.5, 0.6) is 11.5 Å². The lowest BCUT2D eigenvalue weighted by atomic mass is 10.1. The second-order valence-corrected chi connectivity index (χ2v) is 8.47. The largest absolute Gasteiger partial charge is 0.496 e. The monoisotopic (exact) mass is 450 g/mol. The summed E-state index contributed by atoms with van der Waals surface area (Å²) < 4.78 is 43.3. The number of rotatable bonds is 7. The van der Waals surface area contributed by atoms with Crippen LogP contribution in [0.1, 0.15) is 20.7 Å². The van der Waals surface area contributed by atoms with E-state index in [1.54, 1.807) is 0 Å². The van der Waals surface area contributed by atoms with Gasteiger partial charge in [0.1, 0.15) is 16.4 Å². The topological polar surface area (TPSA) is 131 Å². The van der Waals surface area contributed by atoms with E-state index in [0.29, 0.717) is 0 Å². The average Bonchev–Trinajstić information content (AvgIpc) is 2.78. The van der Waals surface area contributed by atoms with Crippen molar-refractivity contribution in [2.45, 2.75) is 4.90 Å². The SMILES string of the molecule is COc1cc(OC)c(S(=O)(=O)N2CCOCC2)cc1C(=O)Nc1cccc(C(=O)O)c1. The summed E-state index contributed by atoms with van der Waals surface area (Å²) in [5.74, 6) is -1.67. The van der Waals surface area contributed by atoms with Crippen molar-refractivity contribution in [2.75, 3.05) is 45.8 Å². The molecule has 0 bridgehead atoms. The number of benzene rings is 2. The molecule has 0 spiro atoms. The molecule has 0 aliphatic carbocycles. The number of carbonyl (C=O) groups is 2. The molecule has 1 fully saturated rings. The number of anilines is 1. The molecular formula is C20H22N2O8S. The quantitative estimate of drug-likeness (QED) is 0.651. The number of hydrogen-bond acceptors (Lipinski definition) is 7. The zero-order valence-corrected chi connectivity index (χ0v) is 17.8. The van der Waals surface area contributed by atoms with Crippen LogP contribution in [-0.2, 0) is 14.8 Å². The molecule has 1 aliphatic rings. The van der Waals surface area contributed by atoms with Crippen molar-refractivity contribution in [3.05, 3.63) is 47.5 Å². The Morgan fingerprint density at radius 1 is 1.06 bits per heavy atom. The molecule has 1 heterocycles. The number of nitrogens with one attached hydrogen (secondary N) is 1. The first-order chi connectivity index (χ1) is 14.8. The van der Waals surface area contributed by atoms with Gasteiger partial charge in [0.15, 0.2) is 0 Å². The Bertz CT molecular complexity index is 1090. The van der Waals surface area contributed by atoms with Crippen molar-refractivity contribution >= 4 is 27.6 Å². The van der Waals surface area contributed by atoms with E-state index in [0.717, 1.165) is 0 Å². The maximum atomic E-state index is 13.2. The Morgan fingerprint density at radius 3 is 2.35 bits per heavy atom. The van der Waals surface area contributed by atoms with Crippen LogP contribution in [0.25, 0.3) is 0 Å². The van der Waals surface area contributed by atoms with Crippen molar-refractivity contribution < 1.29 is 37.3 Å². The predicted octanol–water partition coefficient (Wildman–Crippen LogP) is 1.68. The Hall–Kier alpha value is -3.15. The third kappa shape index (κ3) is 4.79. The average molecular weight is 450 g/mol. The van der Waals surface area contributed by atoms with Crippen LogP contribution < -0.4 is 14.8 Å². The Kier molecular flexibility index (Phi) is 6.78. The first-order valence-corrected chi connectivity index (χ1v) is 10.7. The van der Waals surface area contributed by atoms with Gasteiger partial charge >= 0.3 is 5.97 Å². The van der Waals surface area contributed by atoms with Crippen LogP contribution in [0.15, 0.2) is 41.3 Å². The van der Waals surface area contributed by atoms with Crippen LogP contribution in [0, 0.1) is 0 Å². The fourth-order valence-corrected chi connectivity index (χ4v) is 4.67. The van der Waals surface area contributed by atoms with Gasteiger partial charge in [0.25, 0.3) is 5.91 Å². The molecule has 0 aromatic heterocycles. The lowest BCUT2D eigenvalue weighted by Crippen LogP contribution is -2.40. The molecule has 2 aromatic carbocycles. The van der Waals surface area contributed by atoms with E-state index in [4.69, 9.17) is 19.3 Å². The number of carbonyl (C=O) groups excluding carboxylic acids is 1. The van der Waals surface area contributed by atoms with E-state index in [1.165, 1.54) is 54.9 Å². The van der Waals surface area contributed by atoms with Crippen molar-refractivity contribution in [2.24, 2.45) is 0 Å². The van der Waals surface area contributed by atoms with E-state index >= 15 is 0 Å². The fraction of sp³-hybridized carbons (Fsp3) is 0.300. The number of amides is 1. The number of morpholine rings is 1. The lowest BCUT2D eigenvalue weighted by Gasteiger charge is -2.27. The van der Waals surface area contributed by atoms with Gasteiger partial charge < -0.3 is 24.6 Å². The van der Waals surface area contributed by atoms with Crippen LogP contribution >= 0.6 is 0 Å². The standard InChI is InChI=1S/C20H22N2O8S/c1-28-16-12-17(29-2)18(31(26,27)22-6-8-30-9-7-22)11-15(16)19(23)21-14-5-3-4-13(10-14)20(24)25/h3-5,10-12H,6-9H2,1-2H3,(H,21,23)(H,24,25). The first-order valence-electron chi connectivity index (χ1n) is 9.26. The molecule has 2 aromatic rings. The number of methoxy groups -OCH3 is 2. The molecule has 1 aliphatic heterocycles. The van der Waals surface area contributed by atoms with E-state index < -0.39 is 21.9 Å². The molecular weight excluding hydrogens is 428 g/mol. The Balaban J connectivity index is 2.01. The normalized spacial score (nSPS) is 14.6. The summed E-state index contributed by atoms with van der Waals surface area (Å²) in [5.41, 5.74) is 0.186. The third-order valence-electron chi connectivity index (χ3n) is 4.69. The highest BCUT2D eigenvalue weighted by Gasteiger charge is 2.31. The zero-order valence-electron chi connectivity index (χ0n) is 17.0. The van der Waals surface area contributed by atoms with Crippen molar-refractivity contribution in [1.82, 2.24) is 4.31 Å². The van der Waals surface area contributed by atoms with Gasteiger partial charge in [-0.25, -0.2) is 13.2 Å². The van der Waals surface area contributed by atoms with Crippen molar-refractivity contribution in [3.8, 4) is 11.5 Å². The van der Waals surface area contributed by atoms with Gasteiger partial charge in [-0.2, -0.15) is 4.31 Å². The highest BCUT2D eigenvalue weighted by atomic mass is 32.2. The molecule has 31 heavy (non-hydrogen) atoms. The third-order valence-corrected chi connectivity index (χ3v) is 6.61.